The molecule has 122 valence electrons. The number of rotatable bonds is 5. The van der Waals surface area contributed by atoms with E-state index in [1.807, 2.05) is 66.7 Å². The van der Waals surface area contributed by atoms with E-state index >= 15 is 0 Å². The average Bonchev–Trinajstić information content (AvgIpc) is 2.60. The molecule has 0 aliphatic rings. The summed E-state index contributed by atoms with van der Waals surface area (Å²) in [5.74, 6) is 0. The van der Waals surface area contributed by atoms with E-state index < -0.39 is 6.10 Å². The van der Waals surface area contributed by atoms with E-state index in [1.54, 1.807) is 23.9 Å². The lowest BCUT2D eigenvalue weighted by Crippen LogP contribution is -2.08. The molecular weight excluding hydrogens is 359 g/mol. The van der Waals surface area contributed by atoms with Gasteiger partial charge in [-0.2, -0.15) is 0 Å². The lowest BCUT2D eigenvalue weighted by atomic mass is 10.0. The molecule has 24 heavy (non-hydrogen) atoms. The first-order valence-electron chi connectivity index (χ1n) is 7.54. The van der Waals surface area contributed by atoms with Crippen molar-refractivity contribution in [2.75, 3.05) is 0 Å². The third-order valence-corrected chi connectivity index (χ3v) is 5.46. The molecule has 0 saturated heterocycles. The van der Waals surface area contributed by atoms with Crippen molar-refractivity contribution in [2.24, 2.45) is 0 Å². The molecule has 0 aliphatic carbocycles. The molecule has 3 rings (SSSR count). The Balaban J connectivity index is 1.98. The number of hydrogen-bond donors (Lipinski definition) is 1. The second kappa shape index (κ2) is 8.09. The van der Waals surface area contributed by atoms with Gasteiger partial charge >= 0.3 is 0 Å². The molecule has 0 spiro atoms. The van der Waals surface area contributed by atoms with Crippen LogP contribution in [-0.2, 0) is 0 Å². The lowest BCUT2D eigenvalue weighted by Gasteiger charge is -2.24. The van der Waals surface area contributed by atoms with E-state index in [4.69, 9.17) is 23.2 Å². The summed E-state index contributed by atoms with van der Waals surface area (Å²) in [6.07, 6.45) is -0.702. The fourth-order valence-corrected chi connectivity index (χ4v) is 4.08. The summed E-state index contributed by atoms with van der Waals surface area (Å²) in [7, 11) is 0. The Kier molecular flexibility index (Phi) is 5.85. The van der Waals surface area contributed by atoms with E-state index in [2.05, 4.69) is 0 Å². The molecule has 0 fully saturated rings. The minimum atomic E-state index is -0.702. The van der Waals surface area contributed by atoms with Gasteiger partial charge in [0.05, 0.1) is 11.4 Å². The SMILES string of the molecule is O[C@@H](c1cccc(Cl)c1)[C@@H](Sc1ccccc1)c1cccc(Cl)c1. The predicted molar refractivity (Wildman–Crippen MR) is 103 cm³/mol. The van der Waals surface area contributed by atoms with Gasteiger partial charge in [-0.15, -0.1) is 11.8 Å². The Bertz CT molecular complexity index is 807. The van der Waals surface area contributed by atoms with E-state index in [-0.39, 0.29) is 5.25 Å². The van der Waals surface area contributed by atoms with E-state index in [0.29, 0.717) is 10.0 Å². The molecule has 0 aliphatic heterocycles. The summed E-state index contributed by atoms with van der Waals surface area (Å²) in [4.78, 5) is 1.09. The van der Waals surface area contributed by atoms with Crippen LogP contribution in [0, 0.1) is 0 Å². The van der Waals surface area contributed by atoms with E-state index in [0.717, 1.165) is 16.0 Å². The maximum atomic E-state index is 11.0. The van der Waals surface area contributed by atoms with Crippen molar-refractivity contribution in [1.29, 1.82) is 0 Å². The highest BCUT2D eigenvalue weighted by Crippen LogP contribution is 2.44. The van der Waals surface area contributed by atoms with Gasteiger partial charge in [0.15, 0.2) is 0 Å². The normalized spacial score (nSPS) is 13.5. The van der Waals surface area contributed by atoms with Gasteiger partial charge in [-0.05, 0) is 47.5 Å². The maximum absolute atomic E-state index is 11.0. The predicted octanol–water partition coefficient (Wildman–Crippen LogP) is 6.56. The van der Waals surface area contributed by atoms with Crippen molar-refractivity contribution in [3.05, 3.63) is 100 Å². The number of aliphatic hydroxyl groups excluding tert-OH is 1. The Morgan fingerprint density at radius 3 is 1.92 bits per heavy atom. The fourth-order valence-electron chi connectivity index (χ4n) is 2.51. The van der Waals surface area contributed by atoms with Crippen LogP contribution in [0.1, 0.15) is 22.5 Å². The van der Waals surface area contributed by atoms with Crippen LogP contribution >= 0.6 is 35.0 Å². The topological polar surface area (TPSA) is 20.2 Å². The molecule has 0 saturated carbocycles. The van der Waals surface area contributed by atoms with Crippen molar-refractivity contribution in [1.82, 2.24) is 0 Å². The second-order valence-electron chi connectivity index (χ2n) is 5.41. The molecule has 1 N–H and O–H groups in total. The summed E-state index contributed by atoms with van der Waals surface area (Å²) < 4.78 is 0. The number of halogens is 2. The van der Waals surface area contributed by atoms with Crippen LogP contribution in [0.5, 0.6) is 0 Å². The molecule has 0 aromatic heterocycles. The molecule has 1 nitrogen and oxygen atoms in total. The summed E-state index contributed by atoms with van der Waals surface area (Å²) in [5, 5.41) is 12.1. The van der Waals surface area contributed by atoms with Crippen LogP contribution in [0.3, 0.4) is 0 Å². The van der Waals surface area contributed by atoms with Crippen LogP contribution in [0.2, 0.25) is 10.0 Å². The minimum absolute atomic E-state index is 0.190. The van der Waals surface area contributed by atoms with Crippen LogP contribution in [-0.4, -0.2) is 5.11 Å². The Morgan fingerprint density at radius 1 is 0.708 bits per heavy atom. The number of aliphatic hydroxyl groups is 1. The molecule has 0 unspecified atom stereocenters. The number of benzene rings is 3. The first-order chi connectivity index (χ1) is 11.6. The summed E-state index contributed by atoms with van der Waals surface area (Å²) in [5.41, 5.74) is 1.76. The van der Waals surface area contributed by atoms with Gasteiger partial charge in [-0.3, -0.25) is 0 Å². The van der Waals surface area contributed by atoms with Crippen molar-refractivity contribution in [2.45, 2.75) is 16.2 Å². The van der Waals surface area contributed by atoms with Crippen LogP contribution in [0.15, 0.2) is 83.8 Å². The number of thioether (sulfide) groups is 1. The van der Waals surface area contributed by atoms with Crippen LogP contribution < -0.4 is 0 Å². The smallest absolute Gasteiger partial charge is 0.0953 e. The lowest BCUT2D eigenvalue weighted by molar-refractivity contribution is 0.175. The zero-order chi connectivity index (χ0) is 16.9. The Labute approximate surface area is 156 Å². The minimum Gasteiger partial charge on any atom is -0.387 e. The molecule has 2 atom stereocenters. The monoisotopic (exact) mass is 374 g/mol. The summed E-state index contributed by atoms with van der Waals surface area (Å²) in [6.45, 7) is 0. The molecule has 0 bridgehead atoms. The van der Waals surface area contributed by atoms with E-state index in [1.165, 1.54) is 0 Å². The highest BCUT2D eigenvalue weighted by molar-refractivity contribution is 7.99. The molecule has 0 radical (unpaired) electrons. The molecule has 0 heterocycles. The summed E-state index contributed by atoms with van der Waals surface area (Å²) >= 11 is 13.8. The van der Waals surface area contributed by atoms with Gasteiger partial charge in [0, 0.05) is 14.9 Å². The van der Waals surface area contributed by atoms with Gasteiger partial charge in [-0.25, -0.2) is 0 Å². The van der Waals surface area contributed by atoms with Gasteiger partial charge in [-0.1, -0.05) is 65.7 Å². The zero-order valence-electron chi connectivity index (χ0n) is 12.8. The van der Waals surface area contributed by atoms with Crippen molar-refractivity contribution >= 4 is 35.0 Å². The largest absolute Gasteiger partial charge is 0.387 e. The average molecular weight is 375 g/mol. The zero-order valence-corrected chi connectivity index (χ0v) is 15.1. The third-order valence-electron chi connectivity index (χ3n) is 3.66. The van der Waals surface area contributed by atoms with Crippen LogP contribution in [0.25, 0.3) is 0 Å². The Hall–Kier alpha value is -1.45. The van der Waals surface area contributed by atoms with Crippen molar-refractivity contribution in [3.8, 4) is 0 Å². The highest BCUT2D eigenvalue weighted by Gasteiger charge is 2.24. The van der Waals surface area contributed by atoms with E-state index in [9.17, 15) is 5.11 Å². The Morgan fingerprint density at radius 2 is 1.29 bits per heavy atom. The molecular formula is C20H16Cl2OS. The van der Waals surface area contributed by atoms with Crippen LogP contribution in [0.4, 0.5) is 0 Å². The summed E-state index contributed by atoms with van der Waals surface area (Å²) in [6, 6.07) is 25.0. The van der Waals surface area contributed by atoms with Gasteiger partial charge in [0.25, 0.3) is 0 Å². The first kappa shape index (κ1) is 17.4. The second-order valence-corrected chi connectivity index (χ2v) is 7.49. The van der Waals surface area contributed by atoms with Crippen molar-refractivity contribution < 1.29 is 5.11 Å². The standard InChI is InChI=1S/C20H16Cl2OS/c21-16-8-4-6-14(12-16)19(23)20(15-7-5-9-17(22)13-15)24-18-10-2-1-3-11-18/h1-13,19-20,23H/t19-,20-/m0/s1. The highest BCUT2D eigenvalue weighted by atomic mass is 35.5. The van der Waals surface area contributed by atoms with Gasteiger partial charge in [0.2, 0.25) is 0 Å². The molecule has 0 amide bonds. The maximum Gasteiger partial charge on any atom is 0.0953 e. The molecule has 4 heteroatoms. The number of hydrogen-bond acceptors (Lipinski definition) is 2. The van der Waals surface area contributed by atoms with Gasteiger partial charge in [0.1, 0.15) is 0 Å². The van der Waals surface area contributed by atoms with Crippen molar-refractivity contribution in [3.63, 3.8) is 0 Å². The fraction of sp³-hybridized carbons (Fsp3) is 0.100. The van der Waals surface area contributed by atoms with Gasteiger partial charge < -0.3 is 5.11 Å². The quantitative estimate of drug-likeness (QED) is 0.510. The molecule has 3 aromatic carbocycles. The third kappa shape index (κ3) is 4.34. The molecule has 3 aromatic rings. The first-order valence-corrected chi connectivity index (χ1v) is 9.18.